The van der Waals surface area contributed by atoms with Gasteiger partial charge < -0.3 is 0 Å². The van der Waals surface area contributed by atoms with E-state index in [-0.39, 0.29) is 0 Å². The van der Waals surface area contributed by atoms with E-state index < -0.39 is 0 Å². The van der Waals surface area contributed by atoms with Crippen molar-refractivity contribution in [3.63, 3.8) is 0 Å². The van der Waals surface area contributed by atoms with Gasteiger partial charge in [0.15, 0.2) is 0 Å². The van der Waals surface area contributed by atoms with Gasteiger partial charge in [0, 0.05) is 0 Å². The SMILES string of the molecule is CCCCC/C=C/[Se]c1ccccc1. The molecule has 0 atom stereocenters. The molecule has 1 rings (SSSR count). The van der Waals surface area contributed by atoms with Crippen LogP contribution in [0.25, 0.3) is 0 Å². The van der Waals surface area contributed by atoms with Crippen molar-refractivity contribution in [2.24, 2.45) is 0 Å². The van der Waals surface area contributed by atoms with Gasteiger partial charge in [-0.05, 0) is 0 Å². The van der Waals surface area contributed by atoms with Gasteiger partial charge in [-0.3, -0.25) is 0 Å². The normalized spacial score (nSPS) is 10.9. The number of benzene rings is 1. The van der Waals surface area contributed by atoms with Crippen molar-refractivity contribution in [2.75, 3.05) is 0 Å². The Morgan fingerprint density at radius 1 is 1.14 bits per heavy atom. The summed E-state index contributed by atoms with van der Waals surface area (Å²) in [6.07, 6.45) is 7.61. The summed E-state index contributed by atoms with van der Waals surface area (Å²) in [5, 5.41) is 0. The van der Waals surface area contributed by atoms with Crippen molar-refractivity contribution in [2.45, 2.75) is 32.6 Å². The van der Waals surface area contributed by atoms with E-state index in [2.05, 4.69) is 48.3 Å². The minimum absolute atomic E-state index is 0.535. The van der Waals surface area contributed by atoms with E-state index in [0.29, 0.717) is 15.0 Å². The summed E-state index contributed by atoms with van der Waals surface area (Å²) < 4.78 is 1.46. The van der Waals surface area contributed by atoms with Crippen LogP contribution in [0.5, 0.6) is 0 Å². The van der Waals surface area contributed by atoms with E-state index in [0.717, 1.165) is 0 Å². The quantitative estimate of drug-likeness (QED) is 0.540. The summed E-state index contributed by atoms with van der Waals surface area (Å²) in [5.74, 6) is 0. The number of rotatable bonds is 6. The zero-order chi connectivity index (χ0) is 10.1. The molecule has 14 heavy (non-hydrogen) atoms. The molecule has 0 saturated heterocycles. The molecule has 0 aliphatic rings. The van der Waals surface area contributed by atoms with Crippen LogP contribution >= 0.6 is 0 Å². The summed E-state index contributed by atoms with van der Waals surface area (Å²) in [6, 6.07) is 10.7. The van der Waals surface area contributed by atoms with E-state index >= 15 is 0 Å². The molecular formula is C13H18Se. The monoisotopic (exact) mass is 254 g/mol. The molecular weight excluding hydrogens is 235 g/mol. The Balaban J connectivity index is 2.14. The van der Waals surface area contributed by atoms with Crippen LogP contribution in [-0.4, -0.2) is 15.0 Å². The fourth-order valence-electron chi connectivity index (χ4n) is 1.21. The van der Waals surface area contributed by atoms with Gasteiger partial charge in [0.2, 0.25) is 0 Å². The Kier molecular flexibility index (Phi) is 6.47. The molecule has 0 nitrogen and oxygen atoms in total. The van der Waals surface area contributed by atoms with E-state index in [9.17, 15) is 0 Å². The second-order valence-corrected chi connectivity index (χ2v) is 5.35. The van der Waals surface area contributed by atoms with Gasteiger partial charge >= 0.3 is 93.4 Å². The van der Waals surface area contributed by atoms with Gasteiger partial charge in [0.1, 0.15) is 0 Å². The molecule has 0 aliphatic heterocycles. The Hall–Kier alpha value is -0.521. The van der Waals surface area contributed by atoms with E-state index in [4.69, 9.17) is 0 Å². The third-order valence-corrected chi connectivity index (χ3v) is 3.85. The van der Waals surface area contributed by atoms with Crippen molar-refractivity contribution in [3.8, 4) is 0 Å². The van der Waals surface area contributed by atoms with Gasteiger partial charge in [0.05, 0.1) is 0 Å². The number of hydrogen-bond acceptors (Lipinski definition) is 0. The van der Waals surface area contributed by atoms with E-state index in [1.54, 1.807) is 0 Å². The molecule has 1 aromatic carbocycles. The number of hydrogen-bond donors (Lipinski definition) is 0. The van der Waals surface area contributed by atoms with Crippen molar-refractivity contribution < 1.29 is 0 Å². The first kappa shape index (κ1) is 11.6. The van der Waals surface area contributed by atoms with Crippen LogP contribution < -0.4 is 4.46 Å². The third-order valence-electron chi connectivity index (χ3n) is 2.02. The average Bonchev–Trinajstić information content (AvgIpc) is 2.25. The number of unbranched alkanes of at least 4 members (excludes halogenated alkanes) is 3. The van der Waals surface area contributed by atoms with Crippen molar-refractivity contribution in [3.05, 3.63) is 41.4 Å². The van der Waals surface area contributed by atoms with Crippen LogP contribution in [0.1, 0.15) is 32.6 Å². The molecule has 0 aliphatic carbocycles. The summed E-state index contributed by atoms with van der Waals surface area (Å²) >= 11 is 0.535. The fourth-order valence-corrected chi connectivity index (χ4v) is 2.68. The molecule has 0 spiro atoms. The standard InChI is InChI=1S/C13H18Se/c1-2-3-4-5-9-12-14-13-10-7-6-8-11-13/h6-12H,2-5H2,1H3/b12-9+. The predicted octanol–water partition coefficient (Wildman–Crippen LogP) is 3.11. The first-order valence-corrected chi connectivity index (χ1v) is 7.14. The molecule has 76 valence electrons. The van der Waals surface area contributed by atoms with Crippen molar-refractivity contribution in [1.82, 2.24) is 0 Å². The molecule has 0 amide bonds. The first-order chi connectivity index (χ1) is 6.93. The summed E-state index contributed by atoms with van der Waals surface area (Å²) in [4.78, 5) is 2.35. The molecule has 1 aromatic rings. The topological polar surface area (TPSA) is 0 Å². The Bertz CT molecular complexity index is 251. The predicted molar refractivity (Wildman–Crippen MR) is 65.1 cm³/mol. The van der Waals surface area contributed by atoms with E-state index in [1.165, 1.54) is 30.1 Å². The van der Waals surface area contributed by atoms with Gasteiger partial charge in [-0.25, -0.2) is 0 Å². The van der Waals surface area contributed by atoms with Crippen LogP contribution in [0.2, 0.25) is 0 Å². The molecule has 0 aromatic heterocycles. The molecule has 0 bridgehead atoms. The van der Waals surface area contributed by atoms with Crippen LogP contribution in [-0.2, 0) is 0 Å². The number of allylic oxidation sites excluding steroid dienone is 1. The van der Waals surface area contributed by atoms with Crippen LogP contribution in [0, 0.1) is 0 Å². The molecule has 0 saturated carbocycles. The van der Waals surface area contributed by atoms with E-state index in [1.807, 2.05) is 0 Å². The summed E-state index contributed by atoms with van der Waals surface area (Å²) in [7, 11) is 0. The van der Waals surface area contributed by atoms with Crippen LogP contribution in [0.3, 0.4) is 0 Å². The summed E-state index contributed by atoms with van der Waals surface area (Å²) in [6.45, 7) is 2.25. The van der Waals surface area contributed by atoms with Crippen LogP contribution in [0.15, 0.2) is 41.4 Å². The zero-order valence-electron chi connectivity index (χ0n) is 8.78. The van der Waals surface area contributed by atoms with Crippen molar-refractivity contribution >= 4 is 19.4 Å². The zero-order valence-corrected chi connectivity index (χ0v) is 10.5. The molecule has 0 unspecified atom stereocenters. The van der Waals surface area contributed by atoms with Gasteiger partial charge in [-0.1, -0.05) is 0 Å². The van der Waals surface area contributed by atoms with Gasteiger partial charge in [-0.2, -0.15) is 0 Å². The molecule has 0 fully saturated rings. The minimum atomic E-state index is 0.535. The molecule has 1 heteroatoms. The van der Waals surface area contributed by atoms with Gasteiger partial charge in [-0.15, -0.1) is 0 Å². The van der Waals surface area contributed by atoms with Crippen LogP contribution in [0.4, 0.5) is 0 Å². The second-order valence-electron chi connectivity index (χ2n) is 3.30. The first-order valence-electron chi connectivity index (χ1n) is 5.30. The van der Waals surface area contributed by atoms with Crippen molar-refractivity contribution in [1.29, 1.82) is 0 Å². The maximum atomic E-state index is 2.35. The Morgan fingerprint density at radius 2 is 1.93 bits per heavy atom. The Labute approximate surface area is 93.6 Å². The second kappa shape index (κ2) is 7.84. The maximum absolute atomic E-state index is 2.35. The molecule has 0 radical (unpaired) electrons. The molecule has 0 heterocycles. The fraction of sp³-hybridized carbons (Fsp3) is 0.385. The average molecular weight is 253 g/mol. The van der Waals surface area contributed by atoms with Gasteiger partial charge in [0.25, 0.3) is 0 Å². The third kappa shape index (κ3) is 5.26. The molecule has 0 N–H and O–H groups in total. The Morgan fingerprint density at radius 3 is 2.64 bits per heavy atom. The summed E-state index contributed by atoms with van der Waals surface area (Å²) in [5.41, 5.74) is 0.